The molecule has 1 amide bonds. The van der Waals surface area contributed by atoms with Gasteiger partial charge < -0.3 is 10.4 Å². The number of carboxylic acids is 1. The topological polar surface area (TPSA) is 66.4 Å². The Hall–Kier alpha value is -1.84. The predicted octanol–water partition coefficient (Wildman–Crippen LogP) is 3.25. The number of carboxylic acid groups (broad SMARTS) is 1. The van der Waals surface area contributed by atoms with Gasteiger partial charge in [-0.3, -0.25) is 9.59 Å². The highest BCUT2D eigenvalue weighted by Gasteiger charge is 2.45. The largest absolute Gasteiger partial charge is 0.481 e. The second kappa shape index (κ2) is 6.11. The van der Waals surface area contributed by atoms with Crippen LogP contribution >= 0.6 is 0 Å². The number of hydrogen-bond donors (Lipinski definition) is 2. The Balaban J connectivity index is 1.87. The zero-order chi connectivity index (χ0) is 16.4. The highest BCUT2D eigenvalue weighted by Crippen LogP contribution is 2.44. The van der Waals surface area contributed by atoms with Crippen LogP contribution in [0, 0.1) is 5.41 Å². The Morgan fingerprint density at radius 1 is 1.18 bits per heavy atom. The van der Waals surface area contributed by atoms with Gasteiger partial charge in [0.25, 0.3) is 0 Å². The van der Waals surface area contributed by atoms with Gasteiger partial charge in [0.1, 0.15) is 0 Å². The summed E-state index contributed by atoms with van der Waals surface area (Å²) < 4.78 is 0. The summed E-state index contributed by atoms with van der Waals surface area (Å²) in [5.41, 5.74) is 1.57. The van der Waals surface area contributed by atoms with Gasteiger partial charge >= 0.3 is 5.97 Å². The van der Waals surface area contributed by atoms with Crippen LogP contribution in [0.3, 0.4) is 0 Å². The van der Waals surface area contributed by atoms with Gasteiger partial charge in [0, 0.05) is 13.0 Å². The summed E-state index contributed by atoms with van der Waals surface area (Å²) in [6, 6.07) is 8.17. The van der Waals surface area contributed by atoms with Gasteiger partial charge in [-0.05, 0) is 29.4 Å². The van der Waals surface area contributed by atoms with Crippen molar-refractivity contribution < 1.29 is 14.7 Å². The zero-order valence-corrected chi connectivity index (χ0v) is 13.6. The molecule has 2 rings (SSSR count). The highest BCUT2D eigenvalue weighted by atomic mass is 16.4. The Morgan fingerprint density at radius 3 is 2.18 bits per heavy atom. The second-order valence-corrected chi connectivity index (χ2v) is 7.34. The lowest BCUT2D eigenvalue weighted by atomic mass is 9.66. The molecule has 1 saturated carbocycles. The van der Waals surface area contributed by atoms with Crippen molar-refractivity contribution in [1.29, 1.82) is 0 Å². The van der Waals surface area contributed by atoms with Crippen molar-refractivity contribution in [3.8, 4) is 0 Å². The monoisotopic (exact) mass is 303 g/mol. The summed E-state index contributed by atoms with van der Waals surface area (Å²) in [5, 5.41) is 12.1. The Labute approximate surface area is 131 Å². The van der Waals surface area contributed by atoms with E-state index in [4.69, 9.17) is 0 Å². The molecule has 0 atom stereocenters. The summed E-state index contributed by atoms with van der Waals surface area (Å²) in [6.07, 6.45) is 2.20. The van der Waals surface area contributed by atoms with Crippen LogP contribution in [0.25, 0.3) is 0 Å². The molecule has 1 fully saturated rings. The molecule has 0 radical (unpaired) electrons. The Kier molecular flexibility index (Phi) is 4.59. The zero-order valence-electron chi connectivity index (χ0n) is 13.6. The van der Waals surface area contributed by atoms with Crippen LogP contribution in [-0.2, 0) is 21.5 Å². The fraction of sp³-hybridized carbons (Fsp3) is 0.556. The van der Waals surface area contributed by atoms with Gasteiger partial charge in [0.2, 0.25) is 5.91 Å². The SMILES string of the molecule is CC(C)(C)c1ccc(CNC(=O)CC2(C(=O)O)CCC2)cc1. The lowest BCUT2D eigenvalue weighted by molar-refractivity contribution is -0.157. The average Bonchev–Trinajstić information content (AvgIpc) is 2.39. The molecule has 0 aliphatic heterocycles. The minimum Gasteiger partial charge on any atom is -0.481 e. The molecule has 1 aromatic rings. The van der Waals surface area contributed by atoms with Crippen LogP contribution < -0.4 is 5.32 Å². The van der Waals surface area contributed by atoms with E-state index in [1.54, 1.807) is 0 Å². The molecule has 0 heterocycles. The third-order valence-corrected chi connectivity index (χ3v) is 4.57. The van der Waals surface area contributed by atoms with E-state index in [1.807, 2.05) is 12.1 Å². The molecule has 1 aromatic carbocycles. The summed E-state index contributed by atoms with van der Waals surface area (Å²) in [6.45, 7) is 6.92. The van der Waals surface area contributed by atoms with Gasteiger partial charge in [-0.1, -0.05) is 51.5 Å². The molecule has 4 nitrogen and oxygen atoms in total. The highest BCUT2D eigenvalue weighted by molar-refractivity contribution is 5.85. The maximum Gasteiger partial charge on any atom is 0.310 e. The van der Waals surface area contributed by atoms with E-state index < -0.39 is 11.4 Å². The molecule has 0 bridgehead atoms. The van der Waals surface area contributed by atoms with Crippen LogP contribution in [0.15, 0.2) is 24.3 Å². The summed E-state index contributed by atoms with van der Waals surface area (Å²) in [7, 11) is 0. The summed E-state index contributed by atoms with van der Waals surface area (Å²) in [4.78, 5) is 23.2. The number of nitrogens with one attached hydrogen (secondary N) is 1. The van der Waals surface area contributed by atoms with Crippen molar-refractivity contribution in [2.75, 3.05) is 0 Å². The number of benzene rings is 1. The van der Waals surface area contributed by atoms with E-state index in [0.29, 0.717) is 19.4 Å². The van der Waals surface area contributed by atoms with Gasteiger partial charge in [0.05, 0.1) is 5.41 Å². The molecule has 0 spiro atoms. The van der Waals surface area contributed by atoms with E-state index in [2.05, 4.69) is 38.2 Å². The molecule has 0 aromatic heterocycles. The van der Waals surface area contributed by atoms with Crippen LogP contribution in [0.1, 0.15) is 57.6 Å². The molecular weight excluding hydrogens is 278 g/mol. The smallest absolute Gasteiger partial charge is 0.310 e. The van der Waals surface area contributed by atoms with E-state index in [-0.39, 0.29) is 17.7 Å². The lowest BCUT2D eigenvalue weighted by Gasteiger charge is -2.36. The number of carbonyl (C=O) groups is 2. The van der Waals surface area contributed by atoms with Gasteiger partial charge in [0.15, 0.2) is 0 Å². The first kappa shape index (κ1) is 16.5. The van der Waals surface area contributed by atoms with Gasteiger partial charge in [-0.25, -0.2) is 0 Å². The van der Waals surface area contributed by atoms with E-state index in [0.717, 1.165) is 12.0 Å². The maximum absolute atomic E-state index is 12.0. The predicted molar refractivity (Wildman–Crippen MR) is 85.5 cm³/mol. The first-order valence-electron chi connectivity index (χ1n) is 7.82. The molecule has 22 heavy (non-hydrogen) atoms. The number of hydrogen-bond acceptors (Lipinski definition) is 2. The van der Waals surface area contributed by atoms with Crippen LogP contribution in [0.5, 0.6) is 0 Å². The number of rotatable bonds is 5. The molecule has 2 N–H and O–H groups in total. The molecule has 0 saturated heterocycles. The van der Waals surface area contributed by atoms with E-state index in [1.165, 1.54) is 5.56 Å². The first-order chi connectivity index (χ1) is 10.2. The van der Waals surface area contributed by atoms with Crippen molar-refractivity contribution in [2.45, 2.75) is 58.4 Å². The van der Waals surface area contributed by atoms with Crippen molar-refractivity contribution >= 4 is 11.9 Å². The summed E-state index contributed by atoms with van der Waals surface area (Å²) >= 11 is 0. The summed E-state index contributed by atoms with van der Waals surface area (Å²) in [5.74, 6) is -1.02. The van der Waals surface area contributed by atoms with Crippen molar-refractivity contribution in [3.05, 3.63) is 35.4 Å². The van der Waals surface area contributed by atoms with E-state index in [9.17, 15) is 14.7 Å². The number of aliphatic carboxylic acids is 1. The fourth-order valence-electron chi connectivity index (χ4n) is 2.76. The van der Waals surface area contributed by atoms with Crippen LogP contribution in [0.2, 0.25) is 0 Å². The van der Waals surface area contributed by atoms with Crippen molar-refractivity contribution in [2.24, 2.45) is 5.41 Å². The molecule has 120 valence electrons. The minimum absolute atomic E-state index is 0.0857. The molecule has 4 heteroatoms. The third-order valence-electron chi connectivity index (χ3n) is 4.57. The van der Waals surface area contributed by atoms with Crippen LogP contribution in [0.4, 0.5) is 0 Å². The van der Waals surface area contributed by atoms with Crippen molar-refractivity contribution in [1.82, 2.24) is 5.32 Å². The van der Waals surface area contributed by atoms with E-state index >= 15 is 0 Å². The quantitative estimate of drug-likeness (QED) is 0.877. The molecular formula is C18H25NO3. The first-order valence-corrected chi connectivity index (χ1v) is 7.82. The lowest BCUT2D eigenvalue weighted by Crippen LogP contribution is -2.42. The Bertz CT molecular complexity index is 551. The standard InChI is InChI=1S/C18H25NO3/c1-17(2,3)14-7-5-13(6-8-14)12-19-15(20)11-18(16(21)22)9-4-10-18/h5-8H,4,9-12H2,1-3H3,(H,19,20)(H,21,22). The maximum atomic E-state index is 12.0. The fourth-order valence-corrected chi connectivity index (χ4v) is 2.76. The second-order valence-electron chi connectivity index (χ2n) is 7.34. The molecule has 0 unspecified atom stereocenters. The van der Waals surface area contributed by atoms with Crippen LogP contribution in [-0.4, -0.2) is 17.0 Å². The number of amides is 1. The third kappa shape index (κ3) is 3.67. The molecule has 1 aliphatic carbocycles. The number of carbonyl (C=O) groups excluding carboxylic acids is 1. The minimum atomic E-state index is -0.844. The van der Waals surface area contributed by atoms with Gasteiger partial charge in [-0.2, -0.15) is 0 Å². The van der Waals surface area contributed by atoms with Crippen molar-refractivity contribution in [3.63, 3.8) is 0 Å². The Morgan fingerprint density at radius 2 is 1.77 bits per heavy atom. The van der Waals surface area contributed by atoms with Gasteiger partial charge in [-0.15, -0.1) is 0 Å². The molecule has 1 aliphatic rings. The average molecular weight is 303 g/mol. The normalized spacial score (nSPS) is 16.7.